The molecular formula is C22H33ClF2N2O3. The molecule has 1 aliphatic carbocycles. The number of carbonyl (C=O) groups excluding carboxylic acids is 1. The Kier molecular flexibility index (Phi) is 10.1. The Morgan fingerprint density at radius 1 is 1.23 bits per heavy atom. The van der Waals surface area contributed by atoms with Crippen LogP contribution in [-0.2, 0) is 11.3 Å². The number of halogens is 3. The lowest BCUT2D eigenvalue weighted by Crippen LogP contribution is -2.53. The fraction of sp³-hybridized carbons (Fsp3) is 0.682. The first-order chi connectivity index (χ1) is 14.1. The lowest BCUT2D eigenvalue weighted by Gasteiger charge is -2.34. The van der Waals surface area contributed by atoms with E-state index in [1.165, 1.54) is 44.2 Å². The number of carbonyl (C=O) groups is 1. The molecule has 0 unspecified atom stereocenters. The van der Waals surface area contributed by atoms with Crippen LogP contribution in [0.4, 0.5) is 13.6 Å². The van der Waals surface area contributed by atoms with Crippen molar-refractivity contribution in [1.82, 2.24) is 10.2 Å². The summed E-state index contributed by atoms with van der Waals surface area (Å²) in [4.78, 5) is 14.0. The molecule has 1 aromatic carbocycles. The quantitative estimate of drug-likeness (QED) is 0.636. The predicted molar refractivity (Wildman–Crippen MR) is 114 cm³/mol. The normalized spacial score (nSPS) is 19.8. The van der Waals surface area contributed by atoms with Gasteiger partial charge < -0.3 is 19.7 Å². The number of piperazine rings is 1. The van der Waals surface area contributed by atoms with E-state index in [0.29, 0.717) is 32.2 Å². The molecule has 170 valence electrons. The van der Waals surface area contributed by atoms with Crippen LogP contribution in [0.15, 0.2) is 12.1 Å². The highest BCUT2D eigenvalue weighted by Gasteiger charge is 2.27. The van der Waals surface area contributed by atoms with Gasteiger partial charge in [-0.3, -0.25) is 0 Å². The van der Waals surface area contributed by atoms with Crippen LogP contribution in [0.1, 0.15) is 57.4 Å². The third-order valence-electron chi connectivity index (χ3n) is 6.05. The van der Waals surface area contributed by atoms with Gasteiger partial charge in [-0.25, -0.2) is 13.6 Å². The van der Waals surface area contributed by atoms with Crippen LogP contribution >= 0.6 is 12.4 Å². The molecule has 1 N–H and O–H groups in total. The minimum Gasteiger partial charge on any atom is -0.490 e. The lowest BCUT2D eigenvalue weighted by atomic mass is 9.87. The van der Waals surface area contributed by atoms with Crippen LogP contribution in [0.5, 0.6) is 5.75 Å². The fourth-order valence-electron chi connectivity index (χ4n) is 4.21. The zero-order chi connectivity index (χ0) is 20.6. The molecular weight excluding hydrogens is 414 g/mol. The number of benzene rings is 1. The zero-order valence-electron chi connectivity index (χ0n) is 17.6. The van der Waals surface area contributed by atoms with Gasteiger partial charge in [0.2, 0.25) is 0 Å². The van der Waals surface area contributed by atoms with Crippen molar-refractivity contribution in [2.24, 2.45) is 5.92 Å². The Labute approximate surface area is 183 Å². The monoisotopic (exact) mass is 446 g/mol. The number of amides is 1. The van der Waals surface area contributed by atoms with Gasteiger partial charge in [0, 0.05) is 25.7 Å². The standard InChI is InChI=1S/C22H32F2N2O3.ClH/c1-2-17-14-25-11-12-26(17)22(27)29-15-18-19(23)8-9-20(21(18)24)28-13-10-16-6-4-3-5-7-16;/h8-9,16-17,25H,2-7,10-15H2,1H3;1H/t17-;/m1./s1. The minimum atomic E-state index is -0.784. The maximum Gasteiger partial charge on any atom is 0.410 e. The molecule has 5 nitrogen and oxygen atoms in total. The molecule has 0 aromatic heterocycles. The van der Waals surface area contributed by atoms with Crippen molar-refractivity contribution in [2.75, 3.05) is 26.2 Å². The number of nitrogens with zero attached hydrogens (tertiary/aromatic N) is 1. The molecule has 8 heteroatoms. The van der Waals surface area contributed by atoms with Crippen molar-refractivity contribution in [3.05, 3.63) is 29.3 Å². The van der Waals surface area contributed by atoms with E-state index in [-0.39, 0.29) is 29.8 Å². The Morgan fingerprint density at radius 2 is 2.00 bits per heavy atom. The van der Waals surface area contributed by atoms with Crippen LogP contribution in [0.3, 0.4) is 0 Å². The summed E-state index contributed by atoms with van der Waals surface area (Å²) in [6.45, 7) is 3.84. The SMILES string of the molecule is CC[C@@H]1CNCCN1C(=O)OCc1c(F)ccc(OCCC2CCCCC2)c1F.Cl. The van der Waals surface area contributed by atoms with Gasteiger partial charge in [0.05, 0.1) is 12.2 Å². The van der Waals surface area contributed by atoms with E-state index >= 15 is 0 Å². The maximum absolute atomic E-state index is 14.8. The van der Waals surface area contributed by atoms with Crippen molar-refractivity contribution < 1.29 is 23.0 Å². The Morgan fingerprint density at radius 3 is 2.73 bits per heavy atom. The average Bonchev–Trinajstić information content (AvgIpc) is 2.75. The lowest BCUT2D eigenvalue weighted by molar-refractivity contribution is 0.0697. The van der Waals surface area contributed by atoms with Crippen LogP contribution in [0.25, 0.3) is 0 Å². The summed E-state index contributed by atoms with van der Waals surface area (Å²) in [6, 6.07) is 2.50. The topological polar surface area (TPSA) is 50.8 Å². The largest absolute Gasteiger partial charge is 0.490 e. The summed E-state index contributed by atoms with van der Waals surface area (Å²) in [6.07, 6.45) is 7.30. The van der Waals surface area contributed by atoms with Crippen LogP contribution in [0, 0.1) is 17.6 Å². The van der Waals surface area contributed by atoms with Crippen LogP contribution in [-0.4, -0.2) is 43.3 Å². The van der Waals surface area contributed by atoms with Crippen molar-refractivity contribution in [1.29, 1.82) is 0 Å². The smallest absolute Gasteiger partial charge is 0.410 e. The van der Waals surface area contributed by atoms with Crippen molar-refractivity contribution in [2.45, 2.75) is 64.5 Å². The van der Waals surface area contributed by atoms with E-state index in [4.69, 9.17) is 9.47 Å². The van der Waals surface area contributed by atoms with Crippen LogP contribution in [0.2, 0.25) is 0 Å². The van der Waals surface area contributed by atoms with E-state index in [1.54, 1.807) is 4.90 Å². The maximum atomic E-state index is 14.8. The van der Waals surface area contributed by atoms with E-state index in [0.717, 1.165) is 12.8 Å². The summed E-state index contributed by atoms with van der Waals surface area (Å²) in [5, 5.41) is 3.23. The molecule has 1 amide bonds. The van der Waals surface area contributed by atoms with E-state index in [2.05, 4.69) is 5.32 Å². The van der Waals surface area contributed by atoms with E-state index in [1.807, 2.05) is 6.92 Å². The second kappa shape index (κ2) is 12.3. The highest BCUT2D eigenvalue weighted by Crippen LogP contribution is 2.28. The molecule has 2 aliphatic rings. The second-order valence-corrected chi connectivity index (χ2v) is 7.99. The first-order valence-corrected chi connectivity index (χ1v) is 10.8. The van der Waals surface area contributed by atoms with Gasteiger partial charge in [0.15, 0.2) is 11.6 Å². The molecule has 3 rings (SSSR count). The number of rotatable bonds is 7. The third-order valence-corrected chi connectivity index (χ3v) is 6.05. The highest BCUT2D eigenvalue weighted by molar-refractivity contribution is 5.85. The van der Waals surface area contributed by atoms with E-state index in [9.17, 15) is 13.6 Å². The summed E-state index contributed by atoms with van der Waals surface area (Å²) in [5.41, 5.74) is -0.267. The first-order valence-electron chi connectivity index (χ1n) is 10.8. The van der Waals surface area contributed by atoms with Gasteiger partial charge in [-0.05, 0) is 30.9 Å². The molecule has 0 radical (unpaired) electrons. The second-order valence-electron chi connectivity index (χ2n) is 7.99. The summed E-state index contributed by atoms with van der Waals surface area (Å²) in [7, 11) is 0. The molecule has 1 aromatic rings. The average molecular weight is 447 g/mol. The molecule has 1 aliphatic heterocycles. The third kappa shape index (κ3) is 6.45. The van der Waals surface area contributed by atoms with Crippen molar-refractivity contribution >= 4 is 18.5 Å². The number of hydrogen-bond donors (Lipinski definition) is 1. The summed E-state index contributed by atoms with van der Waals surface area (Å²) in [5.74, 6) is -0.879. The molecule has 1 saturated carbocycles. The summed E-state index contributed by atoms with van der Waals surface area (Å²) >= 11 is 0. The van der Waals surface area contributed by atoms with Gasteiger partial charge in [-0.1, -0.05) is 39.0 Å². The fourth-order valence-corrected chi connectivity index (χ4v) is 4.21. The number of hydrogen-bond acceptors (Lipinski definition) is 4. The van der Waals surface area contributed by atoms with Crippen molar-refractivity contribution in [3.63, 3.8) is 0 Å². The number of ether oxygens (including phenoxy) is 2. The molecule has 1 saturated heterocycles. The molecule has 2 fully saturated rings. The van der Waals surface area contributed by atoms with Gasteiger partial charge in [0.1, 0.15) is 12.4 Å². The van der Waals surface area contributed by atoms with Gasteiger partial charge in [-0.15, -0.1) is 12.4 Å². The zero-order valence-corrected chi connectivity index (χ0v) is 18.4. The predicted octanol–water partition coefficient (Wildman–Crippen LogP) is 5.06. The molecule has 30 heavy (non-hydrogen) atoms. The van der Waals surface area contributed by atoms with Crippen LogP contribution < -0.4 is 10.1 Å². The highest BCUT2D eigenvalue weighted by atomic mass is 35.5. The molecule has 0 spiro atoms. The van der Waals surface area contributed by atoms with Gasteiger partial charge in [-0.2, -0.15) is 0 Å². The Bertz CT molecular complexity index is 687. The molecule has 0 bridgehead atoms. The van der Waals surface area contributed by atoms with Gasteiger partial charge >= 0.3 is 6.09 Å². The van der Waals surface area contributed by atoms with Gasteiger partial charge in [0.25, 0.3) is 0 Å². The number of nitrogens with one attached hydrogen (secondary N) is 1. The first kappa shape index (κ1) is 24.7. The Balaban J connectivity index is 0.00000320. The minimum absolute atomic E-state index is 0. The van der Waals surface area contributed by atoms with Crippen molar-refractivity contribution in [3.8, 4) is 5.75 Å². The summed E-state index contributed by atoms with van der Waals surface area (Å²) < 4.78 is 39.8. The molecule has 1 atom stereocenters. The molecule has 1 heterocycles. The Hall–Kier alpha value is -1.60. The van der Waals surface area contributed by atoms with E-state index < -0.39 is 24.3 Å².